The van der Waals surface area contributed by atoms with E-state index in [0.29, 0.717) is 17.5 Å². The van der Waals surface area contributed by atoms with E-state index in [9.17, 15) is 0 Å². The van der Waals surface area contributed by atoms with Gasteiger partial charge in [-0.2, -0.15) is 4.98 Å². The Bertz CT molecular complexity index is 700. The summed E-state index contributed by atoms with van der Waals surface area (Å²) in [5.41, 5.74) is 0.903. The summed E-state index contributed by atoms with van der Waals surface area (Å²) < 4.78 is 11.1. The molecule has 1 aromatic carbocycles. The lowest BCUT2D eigenvalue weighted by molar-refractivity contribution is 0.162. The molecule has 0 bridgehead atoms. The van der Waals surface area contributed by atoms with E-state index in [-0.39, 0.29) is 6.61 Å². The Morgan fingerprint density at radius 2 is 1.92 bits per heavy atom. The van der Waals surface area contributed by atoms with Gasteiger partial charge in [0.25, 0.3) is 0 Å². The van der Waals surface area contributed by atoms with Crippen molar-refractivity contribution in [3.8, 4) is 17.4 Å². The zero-order valence-electron chi connectivity index (χ0n) is 14.8. The van der Waals surface area contributed by atoms with Crippen molar-refractivity contribution in [2.45, 2.75) is 25.7 Å². The molecule has 134 valence electrons. The van der Waals surface area contributed by atoms with Gasteiger partial charge in [-0.15, -0.1) is 0 Å². The van der Waals surface area contributed by atoms with E-state index >= 15 is 0 Å². The number of aryl methyl sites for hydroxylation is 1. The second kappa shape index (κ2) is 8.27. The minimum absolute atomic E-state index is 0.212. The van der Waals surface area contributed by atoms with E-state index in [1.54, 1.807) is 7.11 Å². The molecule has 25 heavy (non-hydrogen) atoms. The first-order valence-corrected chi connectivity index (χ1v) is 8.68. The molecule has 0 radical (unpaired) electrons. The van der Waals surface area contributed by atoms with Gasteiger partial charge < -0.3 is 19.5 Å². The number of nitrogens with zero attached hydrogens (tertiary/aromatic N) is 3. The van der Waals surface area contributed by atoms with Crippen LogP contribution in [0.3, 0.4) is 0 Å². The Balaban J connectivity index is 1.72. The fourth-order valence-electron chi connectivity index (χ4n) is 3.14. The third-order valence-electron chi connectivity index (χ3n) is 4.48. The van der Waals surface area contributed by atoms with E-state index < -0.39 is 0 Å². The van der Waals surface area contributed by atoms with Crippen molar-refractivity contribution >= 4 is 0 Å². The number of hydrogen-bond acceptors (Lipinski definition) is 6. The molecule has 0 amide bonds. The molecule has 2 aromatic rings. The van der Waals surface area contributed by atoms with Gasteiger partial charge in [-0.05, 0) is 45.0 Å². The van der Waals surface area contributed by atoms with Crippen molar-refractivity contribution in [3.63, 3.8) is 0 Å². The Hall–Kier alpha value is -2.18. The summed E-state index contributed by atoms with van der Waals surface area (Å²) in [5.74, 6) is 3.19. The number of rotatable bonds is 6. The van der Waals surface area contributed by atoms with E-state index in [1.807, 2.05) is 37.3 Å². The van der Waals surface area contributed by atoms with E-state index in [2.05, 4.69) is 14.9 Å². The lowest BCUT2D eigenvalue weighted by Crippen LogP contribution is -2.35. The normalized spacial score (nSPS) is 16.0. The first-order valence-electron chi connectivity index (χ1n) is 8.68. The van der Waals surface area contributed by atoms with Gasteiger partial charge in [-0.1, -0.05) is 6.07 Å². The third-order valence-corrected chi connectivity index (χ3v) is 4.48. The Morgan fingerprint density at radius 1 is 1.16 bits per heavy atom. The summed E-state index contributed by atoms with van der Waals surface area (Å²) in [7, 11) is 1.63. The van der Waals surface area contributed by atoms with Gasteiger partial charge in [-0.3, -0.25) is 0 Å². The van der Waals surface area contributed by atoms with Crippen molar-refractivity contribution < 1.29 is 14.6 Å². The first-order chi connectivity index (χ1) is 12.2. The van der Waals surface area contributed by atoms with E-state index in [0.717, 1.165) is 49.7 Å². The highest BCUT2D eigenvalue weighted by atomic mass is 16.5. The van der Waals surface area contributed by atoms with Gasteiger partial charge in [0.15, 0.2) is 0 Å². The van der Waals surface area contributed by atoms with Crippen LogP contribution in [0.4, 0.5) is 0 Å². The van der Waals surface area contributed by atoms with Crippen LogP contribution in [-0.2, 0) is 0 Å². The summed E-state index contributed by atoms with van der Waals surface area (Å²) in [6.45, 7) is 4.85. The highest BCUT2D eigenvalue weighted by Gasteiger charge is 2.23. The van der Waals surface area contributed by atoms with Crippen LogP contribution in [0.2, 0.25) is 0 Å². The number of aliphatic hydroxyl groups is 1. The van der Waals surface area contributed by atoms with Crippen molar-refractivity contribution in [2.75, 3.05) is 33.4 Å². The molecule has 1 fully saturated rings. The number of β-amino-alcohol motifs (C(OH)–C–C–N with tert-alkyl or cyclic N) is 1. The molecule has 2 heterocycles. The predicted octanol–water partition coefficient (Wildman–Crippen LogP) is 2.76. The maximum absolute atomic E-state index is 9.06. The molecular weight excluding hydrogens is 318 g/mol. The van der Waals surface area contributed by atoms with Crippen LogP contribution in [0.1, 0.15) is 30.3 Å². The molecule has 3 rings (SSSR count). The summed E-state index contributed by atoms with van der Waals surface area (Å²) in [4.78, 5) is 11.5. The van der Waals surface area contributed by atoms with E-state index in [4.69, 9.17) is 14.6 Å². The number of benzene rings is 1. The van der Waals surface area contributed by atoms with Gasteiger partial charge in [0.05, 0.1) is 13.7 Å². The maximum Gasteiger partial charge on any atom is 0.222 e. The molecule has 6 heteroatoms. The molecule has 6 nitrogen and oxygen atoms in total. The van der Waals surface area contributed by atoms with Crippen LogP contribution >= 0.6 is 0 Å². The zero-order valence-corrected chi connectivity index (χ0v) is 14.8. The quantitative estimate of drug-likeness (QED) is 0.870. The predicted molar refractivity (Wildman–Crippen MR) is 95.3 cm³/mol. The topological polar surface area (TPSA) is 67.7 Å². The fraction of sp³-hybridized carbons (Fsp3) is 0.474. The monoisotopic (exact) mass is 343 g/mol. The minimum atomic E-state index is 0.212. The van der Waals surface area contributed by atoms with Crippen LogP contribution in [0.5, 0.6) is 17.4 Å². The van der Waals surface area contributed by atoms with Crippen molar-refractivity contribution in [1.29, 1.82) is 0 Å². The zero-order chi connectivity index (χ0) is 17.6. The van der Waals surface area contributed by atoms with Crippen LogP contribution in [0.15, 0.2) is 30.3 Å². The molecule has 0 aliphatic carbocycles. The Labute approximate surface area is 148 Å². The van der Waals surface area contributed by atoms with Gasteiger partial charge in [0.1, 0.15) is 17.3 Å². The molecule has 0 saturated carbocycles. The molecule has 1 aliphatic rings. The number of piperidine rings is 1. The maximum atomic E-state index is 9.06. The molecular formula is C19H25N3O3. The first kappa shape index (κ1) is 17.6. The highest BCUT2D eigenvalue weighted by Crippen LogP contribution is 2.29. The molecule has 1 saturated heterocycles. The van der Waals surface area contributed by atoms with Gasteiger partial charge in [0, 0.05) is 30.3 Å². The Kier molecular flexibility index (Phi) is 5.83. The average Bonchev–Trinajstić information content (AvgIpc) is 2.62. The van der Waals surface area contributed by atoms with Crippen molar-refractivity contribution in [3.05, 3.63) is 41.9 Å². The largest absolute Gasteiger partial charge is 0.497 e. The number of aliphatic hydroxyl groups excluding tert-OH is 1. The number of likely N-dealkylation sites (tertiary alicyclic amines) is 1. The summed E-state index contributed by atoms with van der Waals surface area (Å²) >= 11 is 0. The summed E-state index contributed by atoms with van der Waals surface area (Å²) in [5, 5.41) is 9.06. The molecule has 0 atom stereocenters. The third kappa shape index (κ3) is 4.67. The van der Waals surface area contributed by atoms with Crippen molar-refractivity contribution in [2.24, 2.45) is 0 Å². The van der Waals surface area contributed by atoms with Crippen LogP contribution in [0.25, 0.3) is 0 Å². The number of aromatic nitrogens is 2. The summed E-state index contributed by atoms with van der Waals surface area (Å²) in [6, 6.07) is 9.34. The molecule has 0 spiro atoms. The van der Waals surface area contributed by atoms with Crippen LogP contribution in [0, 0.1) is 6.92 Å². The fourth-order valence-corrected chi connectivity index (χ4v) is 3.14. The molecule has 1 aromatic heterocycles. The van der Waals surface area contributed by atoms with E-state index in [1.165, 1.54) is 0 Å². The second-order valence-electron chi connectivity index (χ2n) is 6.33. The van der Waals surface area contributed by atoms with Crippen LogP contribution < -0.4 is 9.47 Å². The number of methoxy groups -OCH3 is 1. The second-order valence-corrected chi connectivity index (χ2v) is 6.33. The lowest BCUT2D eigenvalue weighted by atomic mass is 9.96. The summed E-state index contributed by atoms with van der Waals surface area (Å²) in [6.07, 6.45) is 2.00. The number of hydrogen-bond donors (Lipinski definition) is 1. The SMILES string of the molecule is COc1cccc(Oc2cc(C)nc(C3CCN(CCO)CC3)n2)c1. The molecule has 0 unspecified atom stereocenters. The highest BCUT2D eigenvalue weighted by molar-refractivity contribution is 5.35. The molecule has 1 aliphatic heterocycles. The van der Waals surface area contributed by atoms with Gasteiger partial charge in [-0.25, -0.2) is 4.98 Å². The van der Waals surface area contributed by atoms with Gasteiger partial charge >= 0.3 is 0 Å². The van der Waals surface area contributed by atoms with Crippen LogP contribution in [-0.4, -0.2) is 53.3 Å². The lowest BCUT2D eigenvalue weighted by Gasteiger charge is -2.30. The smallest absolute Gasteiger partial charge is 0.222 e. The van der Waals surface area contributed by atoms with Gasteiger partial charge in [0.2, 0.25) is 5.88 Å². The minimum Gasteiger partial charge on any atom is -0.497 e. The van der Waals surface area contributed by atoms with Crippen molar-refractivity contribution in [1.82, 2.24) is 14.9 Å². The Morgan fingerprint density at radius 3 is 2.64 bits per heavy atom. The molecule has 1 N–H and O–H groups in total. The number of ether oxygens (including phenoxy) is 2. The standard InChI is InChI=1S/C19H25N3O3/c1-14-12-18(25-17-5-3-4-16(13-17)24-2)21-19(20-14)15-6-8-22(9-7-15)10-11-23/h3-5,12-13,15,23H,6-11H2,1-2H3. The average molecular weight is 343 g/mol.